The smallest absolute Gasteiger partial charge is 0.0718 e. The average molecular weight is 469 g/mol. The molecule has 0 N–H and O–H groups in total. The number of hydrogen-bond donors (Lipinski definition) is 0. The average Bonchev–Trinajstić information content (AvgIpc) is 3.27. The van der Waals surface area contributed by atoms with Crippen LogP contribution in [-0.2, 0) is 0 Å². The van der Waals surface area contributed by atoms with Crippen molar-refractivity contribution in [3.8, 4) is 0 Å². The van der Waals surface area contributed by atoms with Crippen molar-refractivity contribution in [2.45, 2.75) is 12.8 Å². The first-order valence-electron chi connectivity index (χ1n) is 7.22. The molecule has 1 fully saturated rings. The minimum absolute atomic E-state index is 1.27. The molecule has 0 radical (unpaired) electrons. The molecule has 0 amide bonds. The maximum atomic E-state index is 2.11. The molecule has 0 bridgehead atoms. The van der Waals surface area contributed by atoms with Crippen molar-refractivity contribution in [2.24, 2.45) is 0 Å². The van der Waals surface area contributed by atoms with Gasteiger partial charge >= 0.3 is 0 Å². The Morgan fingerprint density at radius 1 is 0.435 bits per heavy atom. The molecule has 0 aliphatic carbocycles. The maximum absolute atomic E-state index is 2.11. The first-order chi connectivity index (χ1) is 11.4. The molecule has 0 nitrogen and oxygen atoms in total. The summed E-state index contributed by atoms with van der Waals surface area (Å²) < 4.78 is 10.9. The molecule has 5 aliphatic heterocycles. The topological polar surface area (TPSA) is 0 Å². The zero-order valence-electron chi connectivity index (χ0n) is 11.9. The van der Waals surface area contributed by atoms with Crippen molar-refractivity contribution in [1.29, 1.82) is 0 Å². The van der Waals surface area contributed by atoms with Crippen LogP contribution in [0.4, 0.5) is 0 Å². The minimum atomic E-state index is 1.27. The Kier molecular flexibility index (Phi) is 5.71. The summed E-state index contributed by atoms with van der Waals surface area (Å²) >= 11 is 18.4. The Morgan fingerprint density at radius 3 is 1.39 bits per heavy atom. The van der Waals surface area contributed by atoms with Crippen molar-refractivity contribution in [2.75, 3.05) is 23.0 Å². The molecule has 23 heavy (non-hydrogen) atoms. The van der Waals surface area contributed by atoms with E-state index in [1.807, 2.05) is 47.0 Å². The van der Waals surface area contributed by atoms with Crippen LogP contribution < -0.4 is 0 Å². The molecule has 5 rings (SSSR count). The van der Waals surface area contributed by atoms with Gasteiger partial charge in [-0.25, -0.2) is 0 Å². The largest absolute Gasteiger partial charge is 0.161 e. The summed E-state index contributed by atoms with van der Waals surface area (Å²) in [5.41, 5.74) is 1.72. The minimum Gasteiger partial charge on any atom is -0.161 e. The van der Waals surface area contributed by atoms with E-state index in [9.17, 15) is 0 Å². The van der Waals surface area contributed by atoms with Gasteiger partial charge in [0, 0.05) is 11.5 Å². The second-order valence-electron chi connectivity index (χ2n) is 5.04. The van der Waals surface area contributed by atoms with Gasteiger partial charge in [-0.1, -0.05) is 70.6 Å². The highest BCUT2D eigenvalue weighted by Crippen LogP contribution is 2.71. The highest BCUT2D eigenvalue weighted by atomic mass is 32.3. The molecule has 122 valence electrons. The van der Waals surface area contributed by atoms with Crippen LogP contribution in [0.25, 0.3) is 0 Å². The molecule has 5 aliphatic rings. The fraction of sp³-hybridized carbons (Fsp3) is 0.429. The summed E-state index contributed by atoms with van der Waals surface area (Å²) in [6.07, 6.45) is 2.61. The third-order valence-electron chi connectivity index (χ3n) is 3.55. The van der Waals surface area contributed by atoms with Crippen molar-refractivity contribution < 1.29 is 0 Å². The lowest BCUT2D eigenvalue weighted by Crippen LogP contribution is -1.99. The molecule has 1 saturated heterocycles. The van der Waals surface area contributed by atoms with Gasteiger partial charge in [0.2, 0.25) is 0 Å². The van der Waals surface area contributed by atoms with Crippen LogP contribution >= 0.6 is 106 Å². The highest BCUT2D eigenvalue weighted by Gasteiger charge is 2.36. The van der Waals surface area contributed by atoms with Crippen LogP contribution in [0.2, 0.25) is 0 Å². The lowest BCUT2D eigenvalue weighted by Gasteiger charge is -2.16. The number of rotatable bonds is 0. The fourth-order valence-corrected chi connectivity index (χ4v) is 16.2. The summed E-state index contributed by atoms with van der Waals surface area (Å²) in [6, 6.07) is 0. The SMILES string of the molecule is C1CC(=C2SC3=C(S2)SC(=C2SC4=C(SCCS4)S2)S3)CCS1. The van der Waals surface area contributed by atoms with Gasteiger partial charge in [-0.15, -0.1) is 23.5 Å². The third kappa shape index (κ3) is 3.61. The number of thioether (sulfide) groups is 9. The fourth-order valence-electron chi connectivity index (χ4n) is 2.44. The number of allylic oxidation sites excluding steroid dienone is 1. The van der Waals surface area contributed by atoms with Gasteiger partial charge in [-0.3, -0.25) is 0 Å². The monoisotopic (exact) mass is 468 g/mol. The maximum Gasteiger partial charge on any atom is 0.0718 e. The van der Waals surface area contributed by atoms with Gasteiger partial charge in [0.25, 0.3) is 0 Å². The molecule has 0 atom stereocenters. The van der Waals surface area contributed by atoms with E-state index in [2.05, 4.69) is 58.8 Å². The zero-order valence-corrected chi connectivity index (χ0v) is 19.3. The second kappa shape index (κ2) is 7.62. The van der Waals surface area contributed by atoms with Crippen LogP contribution in [0.5, 0.6) is 0 Å². The normalized spacial score (nSPS) is 28.2. The van der Waals surface area contributed by atoms with E-state index in [1.54, 1.807) is 26.8 Å². The van der Waals surface area contributed by atoms with Crippen LogP contribution in [0, 0.1) is 0 Å². The Hall–Kier alpha value is 2.11. The van der Waals surface area contributed by atoms with Gasteiger partial charge < -0.3 is 0 Å². The molecule has 0 saturated carbocycles. The predicted octanol–water partition coefficient (Wildman–Crippen LogP) is 8.02. The number of hydrogen-bond acceptors (Lipinski definition) is 9. The van der Waals surface area contributed by atoms with E-state index in [-0.39, 0.29) is 0 Å². The summed E-state index contributed by atoms with van der Waals surface area (Å²) in [6.45, 7) is 0. The molecule has 0 unspecified atom stereocenters. The first-order valence-corrected chi connectivity index (χ1v) is 15.2. The Labute approximate surface area is 175 Å². The molecular formula is C14H12S9. The molecule has 0 spiro atoms. The summed E-state index contributed by atoms with van der Waals surface area (Å²) in [5.74, 6) is 5.19. The van der Waals surface area contributed by atoms with Gasteiger partial charge in [0.05, 0.1) is 29.7 Å². The second-order valence-corrected chi connectivity index (χ2v) is 16.4. The lowest BCUT2D eigenvalue weighted by molar-refractivity contribution is 0.968. The zero-order chi connectivity index (χ0) is 15.2. The van der Waals surface area contributed by atoms with E-state index in [0.29, 0.717) is 0 Å². The van der Waals surface area contributed by atoms with Crippen LogP contribution in [0.15, 0.2) is 35.2 Å². The predicted molar refractivity (Wildman–Crippen MR) is 125 cm³/mol. The van der Waals surface area contributed by atoms with Crippen molar-refractivity contribution in [3.63, 3.8) is 0 Å². The molecular weight excluding hydrogens is 457 g/mol. The molecule has 0 aromatic heterocycles. The van der Waals surface area contributed by atoms with Crippen LogP contribution in [-0.4, -0.2) is 23.0 Å². The van der Waals surface area contributed by atoms with Crippen LogP contribution in [0.3, 0.4) is 0 Å². The molecule has 5 heterocycles. The highest BCUT2D eigenvalue weighted by molar-refractivity contribution is 8.49. The lowest BCUT2D eigenvalue weighted by atomic mass is 10.2. The van der Waals surface area contributed by atoms with Gasteiger partial charge in [-0.2, -0.15) is 11.8 Å². The van der Waals surface area contributed by atoms with E-state index in [1.165, 1.54) is 44.3 Å². The van der Waals surface area contributed by atoms with Crippen LogP contribution in [0.1, 0.15) is 12.8 Å². The van der Waals surface area contributed by atoms with Crippen molar-refractivity contribution in [1.82, 2.24) is 0 Å². The third-order valence-corrected chi connectivity index (χ3v) is 16.6. The summed E-state index contributed by atoms with van der Waals surface area (Å²) in [4.78, 5) is 0. The van der Waals surface area contributed by atoms with Gasteiger partial charge in [0.15, 0.2) is 0 Å². The van der Waals surface area contributed by atoms with E-state index < -0.39 is 0 Å². The Morgan fingerprint density at radius 2 is 0.870 bits per heavy atom. The molecule has 9 heteroatoms. The summed E-state index contributed by atoms with van der Waals surface area (Å²) in [5, 5.41) is 0. The molecule has 0 aromatic carbocycles. The quantitative estimate of drug-likeness (QED) is 0.343. The van der Waals surface area contributed by atoms with E-state index in [4.69, 9.17) is 0 Å². The van der Waals surface area contributed by atoms with Gasteiger partial charge in [0.1, 0.15) is 0 Å². The molecule has 0 aromatic rings. The van der Waals surface area contributed by atoms with Crippen molar-refractivity contribution >= 4 is 106 Å². The Bertz CT molecular complexity index is 634. The van der Waals surface area contributed by atoms with Gasteiger partial charge in [-0.05, 0) is 29.9 Å². The first kappa shape index (κ1) is 17.2. The van der Waals surface area contributed by atoms with E-state index >= 15 is 0 Å². The van der Waals surface area contributed by atoms with E-state index in [0.717, 1.165) is 0 Å². The Balaban J connectivity index is 1.29. The van der Waals surface area contributed by atoms with Crippen molar-refractivity contribution in [3.05, 3.63) is 35.2 Å². The standard InChI is InChI=1S/C14H12S9/c1-3-15-4-2-7(1)8-18-11-12(19-8)23-14(22-11)13-20-9-10(21-13)17-6-5-16-9/h1-6H2. The summed E-state index contributed by atoms with van der Waals surface area (Å²) in [7, 11) is 0.